The molecule has 1 aromatic rings. The van der Waals surface area contributed by atoms with E-state index in [2.05, 4.69) is 38.7 Å². The third-order valence-electron chi connectivity index (χ3n) is 6.30. The van der Waals surface area contributed by atoms with Crippen LogP contribution in [0.1, 0.15) is 19.3 Å². The number of piperazine rings is 1. The van der Waals surface area contributed by atoms with Crippen molar-refractivity contribution in [2.24, 2.45) is 0 Å². The summed E-state index contributed by atoms with van der Waals surface area (Å²) in [5, 5.41) is 6.14. The molecule has 3 aliphatic rings. The lowest BCUT2D eigenvalue weighted by Crippen LogP contribution is -2.54. The lowest BCUT2D eigenvalue weighted by Gasteiger charge is -2.36. The van der Waals surface area contributed by atoms with Gasteiger partial charge in [0.15, 0.2) is 12.6 Å². The zero-order chi connectivity index (χ0) is 25.5. The molecule has 3 fully saturated rings. The van der Waals surface area contributed by atoms with Gasteiger partial charge >= 0.3 is 6.09 Å². The van der Waals surface area contributed by atoms with Gasteiger partial charge in [-0.2, -0.15) is 15.0 Å². The highest BCUT2D eigenvalue weighted by Gasteiger charge is 2.44. The van der Waals surface area contributed by atoms with Gasteiger partial charge in [0, 0.05) is 45.8 Å². The van der Waals surface area contributed by atoms with Crippen molar-refractivity contribution >= 4 is 35.6 Å². The average molecular weight is 501 g/mol. The van der Waals surface area contributed by atoms with Gasteiger partial charge in [-0.1, -0.05) is 12.2 Å². The van der Waals surface area contributed by atoms with Crippen molar-refractivity contribution < 1.29 is 23.9 Å². The summed E-state index contributed by atoms with van der Waals surface area (Å²) in [6.45, 7) is 10.5. The number of amides is 2. The maximum Gasteiger partial charge on any atom is 0.412 e. The fourth-order valence-electron chi connectivity index (χ4n) is 4.52. The molecule has 0 aromatic carbocycles. The van der Waals surface area contributed by atoms with E-state index in [1.54, 1.807) is 22.0 Å². The van der Waals surface area contributed by atoms with Crippen LogP contribution in [0, 0.1) is 0 Å². The van der Waals surface area contributed by atoms with Gasteiger partial charge in [0.1, 0.15) is 6.10 Å². The minimum atomic E-state index is -0.744. The molecule has 0 radical (unpaired) electrons. The molecule has 0 bridgehead atoms. The number of anilines is 3. The van der Waals surface area contributed by atoms with Gasteiger partial charge in [0.05, 0.1) is 12.5 Å². The normalized spacial score (nSPS) is 21.7. The third-order valence-corrected chi connectivity index (χ3v) is 6.30. The number of nitrogens with zero attached hydrogens (tertiary/aromatic N) is 6. The molecule has 13 nitrogen and oxygen atoms in total. The summed E-state index contributed by atoms with van der Waals surface area (Å²) in [5.74, 6) is 0.929. The zero-order valence-electron chi connectivity index (χ0n) is 20.2. The first kappa shape index (κ1) is 25.4. The molecule has 194 valence electrons. The molecule has 13 heteroatoms. The summed E-state index contributed by atoms with van der Waals surface area (Å²) in [6.07, 6.45) is 3.55. The van der Waals surface area contributed by atoms with Gasteiger partial charge < -0.3 is 34.8 Å². The number of ketones is 1. The summed E-state index contributed by atoms with van der Waals surface area (Å²) < 4.78 is 10.9. The second kappa shape index (κ2) is 11.8. The Bertz CT molecular complexity index is 966. The quantitative estimate of drug-likeness (QED) is 0.265. The van der Waals surface area contributed by atoms with Crippen molar-refractivity contribution in [2.45, 2.75) is 31.4 Å². The number of nitrogens with one attached hydrogen (secondary N) is 2. The topological polar surface area (TPSA) is 142 Å². The standard InChI is InChI=1S/C23H32N8O5/c1-3-7-24-20-26-21(25-8-4-2)28-22(27-20)29-10-12-30(13-11-29)23(34)36-15-35-19-16-6-5-9-31(16)18(33)14-17(19)32/h3-4,16,19H,1-2,5-15H2,(H2,24,25,26,27,28). The first-order valence-electron chi connectivity index (χ1n) is 12.1. The lowest BCUT2D eigenvalue weighted by molar-refractivity contribution is -0.160. The largest absolute Gasteiger partial charge is 0.422 e. The SMILES string of the molecule is C=CCNc1nc(NCC=C)nc(N2CCN(C(=O)OCOC3C(=O)CC(=O)N4CCCC34)CC2)n1. The molecule has 4 heterocycles. The van der Waals surface area contributed by atoms with Gasteiger partial charge in [-0.15, -0.1) is 13.2 Å². The molecule has 3 saturated heterocycles. The van der Waals surface area contributed by atoms with Crippen LogP contribution >= 0.6 is 0 Å². The summed E-state index contributed by atoms with van der Waals surface area (Å²) in [7, 11) is 0. The molecule has 2 unspecified atom stereocenters. The Kier molecular flexibility index (Phi) is 8.31. The number of rotatable bonds is 10. The van der Waals surface area contributed by atoms with Gasteiger partial charge in [0.25, 0.3) is 0 Å². The first-order chi connectivity index (χ1) is 17.5. The van der Waals surface area contributed by atoms with Crippen LogP contribution in [-0.2, 0) is 19.1 Å². The number of aromatic nitrogens is 3. The van der Waals surface area contributed by atoms with E-state index in [9.17, 15) is 14.4 Å². The molecular weight excluding hydrogens is 468 g/mol. The highest BCUT2D eigenvalue weighted by atomic mass is 16.7. The van der Waals surface area contributed by atoms with E-state index in [0.29, 0.717) is 70.1 Å². The first-order valence-corrected chi connectivity index (χ1v) is 12.1. The molecule has 0 aliphatic carbocycles. The molecule has 2 N–H and O–H groups in total. The number of carbonyl (C=O) groups excluding carboxylic acids is 3. The minimum absolute atomic E-state index is 0.150. The number of fused-ring (bicyclic) bond motifs is 1. The summed E-state index contributed by atoms with van der Waals surface area (Å²) in [4.78, 5) is 55.4. The van der Waals surface area contributed by atoms with Crippen LogP contribution in [0.3, 0.4) is 0 Å². The van der Waals surface area contributed by atoms with E-state index in [0.717, 1.165) is 6.42 Å². The summed E-state index contributed by atoms with van der Waals surface area (Å²) in [5.41, 5.74) is 0. The average Bonchev–Trinajstić information content (AvgIpc) is 3.38. The molecule has 0 spiro atoms. The maximum absolute atomic E-state index is 12.6. The number of hydrogen-bond acceptors (Lipinski definition) is 11. The number of hydrogen-bond donors (Lipinski definition) is 2. The Morgan fingerprint density at radius 1 is 1.00 bits per heavy atom. The Balaban J connectivity index is 1.27. The molecule has 36 heavy (non-hydrogen) atoms. The second-order valence-corrected chi connectivity index (χ2v) is 8.65. The molecular formula is C23H32N8O5. The lowest BCUT2D eigenvalue weighted by atomic mass is 9.97. The Labute approximate surface area is 209 Å². The van der Waals surface area contributed by atoms with Crippen LogP contribution in [0.15, 0.2) is 25.3 Å². The molecule has 2 atom stereocenters. The van der Waals surface area contributed by atoms with Crippen molar-refractivity contribution in [1.29, 1.82) is 0 Å². The predicted octanol–water partition coefficient (Wildman–Crippen LogP) is 0.633. The van der Waals surface area contributed by atoms with E-state index < -0.39 is 12.2 Å². The van der Waals surface area contributed by atoms with Crippen molar-refractivity contribution in [1.82, 2.24) is 24.8 Å². The summed E-state index contributed by atoms with van der Waals surface area (Å²) >= 11 is 0. The van der Waals surface area contributed by atoms with Gasteiger partial charge in [-0.25, -0.2) is 4.79 Å². The van der Waals surface area contributed by atoms with Crippen LogP contribution in [0.5, 0.6) is 0 Å². The van der Waals surface area contributed by atoms with E-state index in [4.69, 9.17) is 9.47 Å². The van der Waals surface area contributed by atoms with Crippen LogP contribution in [0.2, 0.25) is 0 Å². The van der Waals surface area contributed by atoms with Crippen LogP contribution in [0.4, 0.5) is 22.6 Å². The fraction of sp³-hybridized carbons (Fsp3) is 0.565. The van der Waals surface area contributed by atoms with Gasteiger partial charge in [0.2, 0.25) is 23.8 Å². The van der Waals surface area contributed by atoms with Crippen molar-refractivity contribution in [3.05, 3.63) is 25.3 Å². The van der Waals surface area contributed by atoms with E-state index in [1.807, 2.05) is 4.90 Å². The van der Waals surface area contributed by atoms with Gasteiger partial charge in [-0.05, 0) is 12.8 Å². The zero-order valence-corrected chi connectivity index (χ0v) is 20.2. The highest BCUT2D eigenvalue weighted by molar-refractivity contribution is 6.03. The summed E-state index contributed by atoms with van der Waals surface area (Å²) in [6, 6.07) is -0.266. The number of Topliss-reactive ketones (excluding diaryl/α,β-unsaturated/α-hetero) is 1. The molecule has 0 saturated carbocycles. The number of piperidine rings is 1. The Hall–Kier alpha value is -3.74. The highest BCUT2D eigenvalue weighted by Crippen LogP contribution is 2.28. The molecule has 1 aromatic heterocycles. The van der Waals surface area contributed by atoms with E-state index in [1.165, 1.54) is 0 Å². The smallest absolute Gasteiger partial charge is 0.412 e. The monoisotopic (exact) mass is 500 g/mol. The van der Waals surface area contributed by atoms with Gasteiger partial charge in [-0.3, -0.25) is 9.59 Å². The van der Waals surface area contributed by atoms with E-state index >= 15 is 0 Å². The predicted molar refractivity (Wildman–Crippen MR) is 132 cm³/mol. The van der Waals surface area contributed by atoms with Crippen LogP contribution < -0.4 is 15.5 Å². The van der Waals surface area contributed by atoms with Crippen molar-refractivity contribution in [3.8, 4) is 0 Å². The van der Waals surface area contributed by atoms with Crippen LogP contribution in [-0.4, -0.2) is 107 Å². The Morgan fingerprint density at radius 2 is 1.67 bits per heavy atom. The third kappa shape index (κ3) is 5.90. The second-order valence-electron chi connectivity index (χ2n) is 8.65. The maximum atomic E-state index is 12.6. The molecule has 3 aliphatic heterocycles. The van der Waals surface area contributed by atoms with E-state index in [-0.39, 0.29) is 30.9 Å². The molecule has 4 rings (SSSR count). The van der Waals surface area contributed by atoms with Crippen molar-refractivity contribution in [2.75, 3.05) is 68.1 Å². The minimum Gasteiger partial charge on any atom is -0.422 e. The van der Waals surface area contributed by atoms with Crippen LogP contribution in [0.25, 0.3) is 0 Å². The van der Waals surface area contributed by atoms with Crippen molar-refractivity contribution in [3.63, 3.8) is 0 Å². The Morgan fingerprint density at radius 3 is 2.31 bits per heavy atom. The number of carbonyl (C=O) groups is 3. The fourth-order valence-corrected chi connectivity index (χ4v) is 4.52. The molecule has 2 amide bonds. The number of ether oxygens (including phenoxy) is 2.